The molecular weight excluding hydrogens is 262 g/mol. The lowest BCUT2D eigenvalue weighted by Gasteiger charge is -2.10. The van der Waals surface area contributed by atoms with Crippen molar-refractivity contribution in [3.63, 3.8) is 0 Å². The molecule has 0 radical (unpaired) electrons. The fourth-order valence-corrected chi connectivity index (χ4v) is 2.67. The van der Waals surface area contributed by atoms with Crippen molar-refractivity contribution >= 4 is 22.4 Å². The van der Waals surface area contributed by atoms with E-state index in [0.29, 0.717) is 5.13 Å². The van der Waals surface area contributed by atoms with Crippen molar-refractivity contribution in [2.45, 2.75) is 40.0 Å². The normalized spacial score (nSPS) is 12.4. The van der Waals surface area contributed by atoms with Crippen LogP contribution in [0.4, 0.5) is 5.13 Å². The zero-order valence-corrected chi connectivity index (χ0v) is 12.3. The summed E-state index contributed by atoms with van der Waals surface area (Å²) in [6.45, 7) is 7.68. The molecule has 0 unspecified atom stereocenters. The molecule has 2 N–H and O–H groups in total. The number of nitrogens with zero attached hydrogens (tertiary/aromatic N) is 3. The van der Waals surface area contributed by atoms with Crippen LogP contribution in [0.25, 0.3) is 0 Å². The number of rotatable bonds is 4. The van der Waals surface area contributed by atoms with Crippen LogP contribution in [-0.2, 0) is 11.2 Å². The Morgan fingerprint density at radius 2 is 2.16 bits per heavy atom. The molecule has 0 bridgehead atoms. The number of aromatic amines is 1. The largest absolute Gasteiger partial charge is 0.300 e. The highest BCUT2D eigenvalue weighted by Gasteiger charge is 2.22. The minimum Gasteiger partial charge on any atom is -0.300 e. The Kier molecular flexibility index (Phi) is 3.94. The molecule has 2 aromatic rings. The van der Waals surface area contributed by atoms with E-state index in [4.69, 9.17) is 0 Å². The van der Waals surface area contributed by atoms with Crippen LogP contribution < -0.4 is 5.32 Å². The van der Waals surface area contributed by atoms with Gasteiger partial charge in [-0.2, -0.15) is 5.10 Å². The van der Waals surface area contributed by atoms with Crippen LogP contribution in [0, 0.1) is 13.8 Å². The molecular formula is C12H17N5OS. The summed E-state index contributed by atoms with van der Waals surface area (Å²) in [5.41, 5.74) is 2.72. The maximum absolute atomic E-state index is 12.2. The number of hydrogen-bond donors (Lipinski definition) is 2. The molecule has 0 aromatic carbocycles. The fraction of sp³-hybridized carbons (Fsp3) is 0.500. The molecule has 6 nitrogen and oxygen atoms in total. The number of nitrogens with one attached hydrogen (secondary N) is 2. The monoisotopic (exact) mass is 279 g/mol. The van der Waals surface area contributed by atoms with Gasteiger partial charge in [-0.3, -0.25) is 15.2 Å². The molecule has 19 heavy (non-hydrogen) atoms. The molecule has 102 valence electrons. The standard InChI is InChI=1S/C12H17N5OS/c1-5-9-16-17-12(19-9)13-11(18)6(2)10-7(3)14-15-8(10)4/h6H,5H2,1-4H3,(H,14,15)(H,13,17,18)/t6-/m0/s1. The summed E-state index contributed by atoms with van der Waals surface area (Å²) in [5, 5.41) is 19.2. The molecule has 1 atom stereocenters. The average Bonchev–Trinajstić information content (AvgIpc) is 2.96. The van der Waals surface area contributed by atoms with E-state index < -0.39 is 0 Å². The Bertz CT molecular complexity index is 569. The third-order valence-corrected chi connectivity index (χ3v) is 3.99. The Morgan fingerprint density at radius 1 is 1.42 bits per heavy atom. The third-order valence-electron chi connectivity index (χ3n) is 3.01. The Morgan fingerprint density at radius 3 is 2.68 bits per heavy atom. The molecule has 2 aromatic heterocycles. The first-order chi connectivity index (χ1) is 9.02. The number of anilines is 1. The van der Waals surface area contributed by atoms with Gasteiger partial charge in [0.25, 0.3) is 0 Å². The van der Waals surface area contributed by atoms with Gasteiger partial charge >= 0.3 is 0 Å². The van der Waals surface area contributed by atoms with Crippen molar-refractivity contribution in [2.75, 3.05) is 5.32 Å². The minimum atomic E-state index is -0.271. The van der Waals surface area contributed by atoms with Crippen molar-refractivity contribution in [1.29, 1.82) is 0 Å². The zero-order chi connectivity index (χ0) is 14.0. The fourth-order valence-electron chi connectivity index (χ4n) is 1.99. The summed E-state index contributed by atoms with van der Waals surface area (Å²) >= 11 is 1.41. The van der Waals surface area contributed by atoms with Crippen molar-refractivity contribution in [3.8, 4) is 0 Å². The predicted molar refractivity (Wildman–Crippen MR) is 74.4 cm³/mol. The average molecular weight is 279 g/mol. The topological polar surface area (TPSA) is 83.6 Å². The smallest absolute Gasteiger partial charge is 0.233 e. The Hall–Kier alpha value is -1.76. The van der Waals surface area contributed by atoms with Gasteiger partial charge in [-0.25, -0.2) is 0 Å². The molecule has 1 amide bonds. The summed E-state index contributed by atoms with van der Waals surface area (Å²) < 4.78 is 0. The van der Waals surface area contributed by atoms with Gasteiger partial charge in [-0.15, -0.1) is 10.2 Å². The minimum absolute atomic E-state index is 0.0913. The second kappa shape index (κ2) is 5.48. The van der Waals surface area contributed by atoms with Crippen molar-refractivity contribution in [3.05, 3.63) is 22.0 Å². The summed E-state index contributed by atoms with van der Waals surface area (Å²) in [7, 11) is 0. The molecule has 0 aliphatic heterocycles. The molecule has 0 spiro atoms. The Labute approximate surface area is 115 Å². The van der Waals surface area contributed by atoms with Gasteiger partial charge in [-0.1, -0.05) is 18.3 Å². The van der Waals surface area contributed by atoms with Crippen LogP contribution in [0.2, 0.25) is 0 Å². The summed E-state index contributed by atoms with van der Waals surface area (Å²) in [6.07, 6.45) is 0.822. The lowest BCUT2D eigenvalue weighted by molar-refractivity contribution is -0.117. The van der Waals surface area contributed by atoms with E-state index in [1.165, 1.54) is 11.3 Å². The summed E-state index contributed by atoms with van der Waals surface area (Å²) in [6, 6.07) is 0. The number of carbonyl (C=O) groups is 1. The second-order valence-corrected chi connectivity index (χ2v) is 5.48. The zero-order valence-electron chi connectivity index (χ0n) is 11.4. The molecule has 0 saturated carbocycles. The highest BCUT2D eigenvalue weighted by atomic mass is 32.1. The lowest BCUT2D eigenvalue weighted by atomic mass is 9.98. The number of amides is 1. The number of hydrogen-bond acceptors (Lipinski definition) is 5. The SMILES string of the molecule is CCc1nnc(NC(=O)[C@@H](C)c2c(C)n[nH]c2C)s1. The molecule has 0 fully saturated rings. The lowest BCUT2D eigenvalue weighted by Crippen LogP contribution is -2.19. The first-order valence-electron chi connectivity index (χ1n) is 6.17. The Balaban J connectivity index is 2.11. The van der Waals surface area contributed by atoms with E-state index >= 15 is 0 Å². The predicted octanol–water partition coefficient (Wildman–Crippen LogP) is 2.18. The number of H-pyrrole nitrogens is 1. The molecule has 0 saturated heterocycles. The number of aryl methyl sites for hydroxylation is 3. The van der Waals surface area contributed by atoms with E-state index in [1.807, 2.05) is 27.7 Å². The highest BCUT2D eigenvalue weighted by Crippen LogP contribution is 2.24. The molecule has 7 heteroatoms. The van der Waals surface area contributed by atoms with E-state index in [-0.39, 0.29) is 11.8 Å². The van der Waals surface area contributed by atoms with E-state index in [0.717, 1.165) is 28.4 Å². The van der Waals surface area contributed by atoms with Gasteiger partial charge in [0.2, 0.25) is 11.0 Å². The molecule has 0 aliphatic rings. The van der Waals surface area contributed by atoms with Gasteiger partial charge < -0.3 is 0 Å². The van der Waals surface area contributed by atoms with Crippen LogP contribution >= 0.6 is 11.3 Å². The van der Waals surface area contributed by atoms with Crippen molar-refractivity contribution < 1.29 is 4.79 Å². The van der Waals surface area contributed by atoms with E-state index in [1.54, 1.807) is 0 Å². The maximum Gasteiger partial charge on any atom is 0.233 e. The summed E-state index contributed by atoms with van der Waals surface area (Å²) in [4.78, 5) is 12.2. The molecule has 0 aliphatic carbocycles. The van der Waals surface area contributed by atoms with Gasteiger partial charge in [0.1, 0.15) is 5.01 Å². The summed E-state index contributed by atoms with van der Waals surface area (Å²) in [5.74, 6) is -0.362. The first kappa shape index (κ1) is 13.7. The van der Waals surface area contributed by atoms with Gasteiger partial charge in [-0.05, 0) is 27.2 Å². The van der Waals surface area contributed by atoms with Crippen molar-refractivity contribution in [2.24, 2.45) is 0 Å². The highest BCUT2D eigenvalue weighted by molar-refractivity contribution is 7.15. The van der Waals surface area contributed by atoms with E-state index in [2.05, 4.69) is 25.7 Å². The van der Waals surface area contributed by atoms with E-state index in [9.17, 15) is 4.79 Å². The van der Waals surface area contributed by atoms with Crippen LogP contribution in [0.3, 0.4) is 0 Å². The molecule has 2 rings (SSSR count). The van der Waals surface area contributed by atoms with Crippen molar-refractivity contribution in [1.82, 2.24) is 20.4 Å². The second-order valence-electron chi connectivity index (χ2n) is 4.41. The number of aromatic nitrogens is 4. The van der Waals surface area contributed by atoms with Crippen LogP contribution in [-0.4, -0.2) is 26.3 Å². The quantitative estimate of drug-likeness (QED) is 0.898. The van der Waals surface area contributed by atoms with Crippen LogP contribution in [0.15, 0.2) is 0 Å². The number of carbonyl (C=O) groups excluding carboxylic acids is 1. The first-order valence-corrected chi connectivity index (χ1v) is 6.99. The molecule has 2 heterocycles. The van der Waals surface area contributed by atoms with Gasteiger partial charge in [0.15, 0.2) is 0 Å². The maximum atomic E-state index is 12.2. The van der Waals surface area contributed by atoms with Crippen LogP contribution in [0.5, 0.6) is 0 Å². The third kappa shape index (κ3) is 2.81. The van der Waals surface area contributed by atoms with Gasteiger partial charge in [0.05, 0.1) is 11.6 Å². The van der Waals surface area contributed by atoms with Gasteiger partial charge in [0, 0.05) is 11.3 Å². The van der Waals surface area contributed by atoms with Crippen LogP contribution in [0.1, 0.15) is 41.7 Å².